The Labute approximate surface area is 192 Å². The van der Waals surface area contributed by atoms with Gasteiger partial charge in [0.15, 0.2) is 5.82 Å². The number of pyridine rings is 1. The Hall–Kier alpha value is -2.95. The van der Waals surface area contributed by atoms with Crippen molar-refractivity contribution in [2.75, 3.05) is 49.8 Å². The van der Waals surface area contributed by atoms with Gasteiger partial charge < -0.3 is 19.7 Å². The summed E-state index contributed by atoms with van der Waals surface area (Å²) in [4.78, 5) is 31.7. The Morgan fingerprint density at radius 1 is 1.09 bits per heavy atom. The molecule has 1 aliphatic rings. The molecule has 1 aromatic carbocycles. The fourth-order valence-electron chi connectivity index (χ4n) is 3.61. The van der Waals surface area contributed by atoms with Crippen molar-refractivity contribution in [2.24, 2.45) is 0 Å². The predicted octanol–water partition coefficient (Wildman–Crippen LogP) is 2.55. The summed E-state index contributed by atoms with van der Waals surface area (Å²) in [5.74, 6) is 0.229. The maximum absolute atomic E-state index is 13.0. The number of nitrogens with zero attached hydrogens (tertiary/aromatic N) is 5. The van der Waals surface area contributed by atoms with Crippen LogP contribution in [0, 0.1) is 0 Å². The molecule has 0 radical (unpaired) electrons. The second-order valence-electron chi connectivity index (χ2n) is 7.36. The van der Waals surface area contributed by atoms with Gasteiger partial charge in [-0.25, -0.2) is 9.97 Å². The number of thioether (sulfide) groups is 1. The number of anilines is 2. The Kier molecular flexibility index (Phi) is 7.36. The van der Waals surface area contributed by atoms with E-state index < -0.39 is 0 Å². The fourth-order valence-corrected chi connectivity index (χ4v) is 4.02. The molecule has 2 aromatic heterocycles. The molecule has 4 rings (SSSR count). The van der Waals surface area contributed by atoms with E-state index in [2.05, 4.69) is 30.0 Å². The summed E-state index contributed by atoms with van der Waals surface area (Å²) in [6.07, 6.45) is 7.06. The van der Waals surface area contributed by atoms with Crippen molar-refractivity contribution in [1.29, 1.82) is 0 Å². The first-order valence-corrected chi connectivity index (χ1v) is 11.6. The summed E-state index contributed by atoms with van der Waals surface area (Å²) in [7, 11) is 2.34. The zero-order valence-electron chi connectivity index (χ0n) is 18.2. The summed E-state index contributed by atoms with van der Waals surface area (Å²) < 4.78 is 5.23. The van der Waals surface area contributed by atoms with Crippen LogP contribution in [-0.2, 0) is 4.65 Å². The SMILES string of the molecule is COBN1CCN(c2ccncc2NC(=O)c2ccnc(-c3ccc(SC)cc3)n2)CC1. The number of piperazine rings is 1. The van der Waals surface area contributed by atoms with E-state index >= 15 is 0 Å². The number of hydrogen-bond acceptors (Lipinski definition) is 8. The van der Waals surface area contributed by atoms with Gasteiger partial charge in [-0.1, -0.05) is 12.1 Å². The number of nitrogens with one attached hydrogen (secondary N) is 1. The summed E-state index contributed by atoms with van der Waals surface area (Å²) in [6.45, 7) is 3.49. The van der Waals surface area contributed by atoms with E-state index in [1.54, 1.807) is 43.5 Å². The zero-order valence-corrected chi connectivity index (χ0v) is 19.0. The molecule has 0 unspecified atom stereocenters. The molecule has 1 aliphatic heterocycles. The molecule has 1 N–H and O–H groups in total. The van der Waals surface area contributed by atoms with Crippen molar-refractivity contribution in [1.82, 2.24) is 19.8 Å². The van der Waals surface area contributed by atoms with Crippen molar-refractivity contribution < 1.29 is 9.45 Å². The summed E-state index contributed by atoms with van der Waals surface area (Å²) >= 11 is 1.67. The molecule has 8 nitrogen and oxygen atoms in total. The lowest BCUT2D eigenvalue weighted by molar-refractivity contribution is 0.102. The van der Waals surface area contributed by atoms with Crippen LogP contribution in [0.1, 0.15) is 10.5 Å². The fraction of sp³-hybridized carbons (Fsp3) is 0.273. The van der Waals surface area contributed by atoms with Gasteiger partial charge in [0.2, 0.25) is 0 Å². The van der Waals surface area contributed by atoms with Gasteiger partial charge in [0.25, 0.3) is 5.91 Å². The lowest BCUT2D eigenvalue weighted by Gasteiger charge is -2.36. The van der Waals surface area contributed by atoms with Crippen molar-refractivity contribution in [2.45, 2.75) is 4.90 Å². The van der Waals surface area contributed by atoms with Crippen LogP contribution in [-0.4, -0.2) is 72.8 Å². The Morgan fingerprint density at radius 3 is 2.59 bits per heavy atom. The average Bonchev–Trinajstić information content (AvgIpc) is 2.85. The van der Waals surface area contributed by atoms with Gasteiger partial charge in [-0.2, -0.15) is 0 Å². The third-order valence-corrected chi connectivity index (χ3v) is 6.05. The molecular weight excluding hydrogens is 423 g/mol. The lowest BCUT2D eigenvalue weighted by atomic mass is 10.1. The first kappa shape index (κ1) is 22.3. The largest absolute Gasteiger partial charge is 0.427 e. The van der Waals surface area contributed by atoms with E-state index in [1.165, 1.54) is 0 Å². The molecule has 1 amide bonds. The monoisotopic (exact) mass is 448 g/mol. The van der Waals surface area contributed by atoms with E-state index in [-0.39, 0.29) is 5.91 Å². The number of carbonyl (C=O) groups is 1. The molecule has 3 aromatic rings. The maximum atomic E-state index is 13.0. The Morgan fingerprint density at radius 2 is 1.88 bits per heavy atom. The lowest BCUT2D eigenvalue weighted by Crippen LogP contribution is -2.48. The van der Waals surface area contributed by atoms with Gasteiger partial charge in [0.1, 0.15) is 5.69 Å². The van der Waals surface area contributed by atoms with Crippen molar-refractivity contribution in [3.8, 4) is 11.4 Å². The van der Waals surface area contributed by atoms with Gasteiger partial charge in [-0.3, -0.25) is 9.78 Å². The normalized spacial score (nSPS) is 14.2. The van der Waals surface area contributed by atoms with Gasteiger partial charge in [0, 0.05) is 56.1 Å². The molecule has 1 fully saturated rings. The van der Waals surface area contributed by atoms with Crippen LogP contribution in [0.5, 0.6) is 0 Å². The molecule has 0 bridgehead atoms. The van der Waals surface area contributed by atoms with Crippen LogP contribution in [0.2, 0.25) is 0 Å². The topological polar surface area (TPSA) is 83.5 Å². The smallest absolute Gasteiger partial charge is 0.363 e. The van der Waals surface area contributed by atoms with Crippen molar-refractivity contribution in [3.05, 3.63) is 60.7 Å². The highest BCUT2D eigenvalue weighted by Gasteiger charge is 2.21. The summed E-state index contributed by atoms with van der Waals surface area (Å²) in [5, 5.41) is 2.98. The second-order valence-corrected chi connectivity index (χ2v) is 8.24. The average molecular weight is 448 g/mol. The van der Waals surface area contributed by atoms with Crippen molar-refractivity contribution in [3.63, 3.8) is 0 Å². The van der Waals surface area contributed by atoms with E-state index in [1.807, 2.05) is 36.6 Å². The standard InChI is InChI=1S/C22H25BN6O2S/c1-31-23-29-13-11-28(12-14-29)20-8-9-24-15-19(20)27-22(30)18-7-10-25-21(26-18)16-3-5-17(32-2)6-4-16/h3-10,15,23H,11-14H2,1-2H3,(H,27,30). The summed E-state index contributed by atoms with van der Waals surface area (Å²) in [6, 6.07) is 11.5. The Balaban J connectivity index is 1.49. The van der Waals surface area contributed by atoms with Gasteiger partial charge >= 0.3 is 7.62 Å². The minimum Gasteiger partial charge on any atom is -0.427 e. The zero-order chi connectivity index (χ0) is 22.3. The molecule has 0 saturated carbocycles. The van der Waals surface area contributed by atoms with Gasteiger partial charge in [-0.15, -0.1) is 11.8 Å². The minimum absolute atomic E-state index is 0.290. The maximum Gasteiger partial charge on any atom is 0.363 e. The van der Waals surface area contributed by atoms with Crippen LogP contribution < -0.4 is 10.2 Å². The quantitative estimate of drug-likeness (QED) is 0.436. The number of amides is 1. The highest BCUT2D eigenvalue weighted by molar-refractivity contribution is 7.98. The molecule has 1 saturated heterocycles. The van der Waals surface area contributed by atoms with Crippen LogP contribution >= 0.6 is 11.8 Å². The van der Waals surface area contributed by atoms with E-state index in [4.69, 9.17) is 4.65 Å². The van der Waals surface area contributed by atoms with E-state index in [0.29, 0.717) is 24.8 Å². The molecular formula is C22H25BN6O2S. The first-order valence-electron chi connectivity index (χ1n) is 10.4. The van der Waals surface area contributed by atoms with Crippen LogP contribution in [0.25, 0.3) is 11.4 Å². The second kappa shape index (κ2) is 10.6. The van der Waals surface area contributed by atoms with Gasteiger partial charge in [0.05, 0.1) is 17.6 Å². The third-order valence-electron chi connectivity index (χ3n) is 5.31. The predicted molar refractivity (Wildman–Crippen MR) is 129 cm³/mol. The van der Waals surface area contributed by atoms with Crippen LogP contribution in [0.3, 0.4) is 0 Å². The molecule has 10 heteroatoms. The number of rotatable bonds is 7. The van der Waals surface area contributed by atoms with Gasteiger partial charge in [-0.05, 0) is 30.5 Å². The molecule has 0 spiro atoms. The third kappa shape index (κ3) is 5.27. The van der Waals surface area contributed by atoms with E-state index in [9.17, 15) is 4.79 Å². The highest BCUT2D eigenvalue weighted by atomic mass is 32.2. The molecule has 0 atom stereocenters. The van der Waals surface area contributed by atoms with Crippen LogP contribution in [0.4, 0.5) is 11.4 Å². The minimum atomic E-state index is -0.290. The molecule has 0 aliphatic carbocycles. The molecule has 164 valence electrons. The summed E-state index contributed by atoms with van der Waals surface area (Å²) in [5.41, 5.74) is 2.80. The van der Waals surface area contributed by atoms with Crippen LogP contribution in [0.15, 0.2) is 59.9 Å². The number of carbonyl (C=O) groups excluding carboxylic acids is 1. The highest BCUT2D eigenvalue weighted by Crippen LogP contribution is 2.26. The molecule has 3 heterocycles. The Bertz CT molecular complexity index is 1060. The van der Waals surface area contributed by atoms with Crippen molar-refractivity contribution >= 4 is 36.7 Å². The molecule has 32 heavy (non-hydrogen) atoms. The van der Waals surface area contributed by atoms with E-state index in [0.717, 1.165) is 42.3 Å². The first-order chi connectivity index (χ1) is 15.7. The number of aromatic nitrogens is 3. The number of hydrogen-bond donors (Lipinski definition) is 1. The number of benzene rings is 1.